The molecule has 11 nitrogen and oxygen atoms in total. The largest absolute Gasteiger partial charge is 0.364 e. The topological polar surface area (TPSA) is 149 Å². The summed E-state index contributed by atoms with van der Waals surface area (Å²) < 4.78 is 16.2. The van der Waals surface area contributed by atoms with Gasteiger partial charge in [-0.05, 0) is 51.8 Å². The predicted octanol–water partition coefficient (Wildman–Crippen LogP) is 2.33. The standard InChI is InChI=1S/C24H20BrFN8O3/c25-19-2-1-3-20(30-19)31-24(37)18-9-15(26)11-33(18)21(35)12-34-17-5-4-13(14-6-7-28-29-10-14)8-16(17)22(32-34)23(27)36/h1-8,10,15,18H,9,11-12H2,(H2,27,36)(H,30,31,37)/t15-,18+/m1/s1. The average molecular weight is 567 g/mol. The van der Waals surface area contributed by atoms with Gasteiger partial charge in [-0.3, -0.25) is 19.1 Å². The van der Waals surface area contributed by atoms with Gasteiger partial charge in [0, 0.05) is 17.4 Å². The number of alkyl halides is 1. The molecule has 4 aromatic rings. The summed E-state index contributed by atoms with van der Waals surface area (Å²) in [5.41, 5.74) is 7.57. The van der Waals surface area contributed by atoms with Crippen LogP contribution in [0.1, 0.15) is 16.9 Å². The van der Waals surface area contributed by atoms with Gasteiger partial charge in [0.25, 0.3) is 5.91 Å². The van der Waals surface area contributed by atoms with Gasteiger partial charge in [-0.1, -0.05) is 12.1 Å². The zero-order valence-electron chi connectivity index (χ0n) is 19.2. The third-order valence-corrected chi connectivity index (χ3v) is 6.47. The number of halogens is 2. The van der Waals surface area contributed by atoms with Gasteiger partial charge in [-0.15, -0.1) is 0 Å². The maximum Gasteiger partial charge on any atom is 0.269 e. The summed E-state index contributed by atoms with van der Waals surface area (Å²) in [5.74, 6) is -1.55. The Morgan fingerprint density at radius 3 is 2.70 bits per heavy atom. The molecule has 0 radical (unpaired) electrons. The van der Waals surface area contributed by atoms with Crippen molar-refractivity contribution in [3.63, 3.8) is 0 Å². The van der Waals surface area contributed by atoms with Gasteiger partial charge < -0.3 is 16.0 Å². The fourth-order valence-corrected chi connectivity index (χ4v) is 4.68. The molecule has 4 heterocycles. The van der Waals surface area contributed by atoms with E-state index in [2.05, 4.69) is 41.5 Å². The first-order chi connectivity index (χ1) is 17.8. The Bertz CT molecular complexity index is 1510. The van der Waals surface area contributed by atoms with E-state index in [0.29, 0.717) is 15.5 Å². The number of nitrogens with two attached hydrogens (primary N) is 1. The maximum atomic E-state index is 14.4. The van der Waals surface area contributed by atoms with Crippen molar-refractivity contribution in [2.75, 3.05) is 11.9 Å². The number of hydrogen-bond donors (Lipinski definition) is 2. The Kier molecular flexibility index (Phi) is 6.61. The molecular weight excluding hydrogens is 547 g/mol. The van der Waals surface area contributed by atoms with Crippen LogP contribution in [0.3, 0.4) is 0 Å². The van der Waals surface area contributed by atoms with E-state index >= 15 is 0 Å². The molecule has 2 atom stereocenters. The number of hydrogen-bond acceptors (Lipinski definition) is 7. The number of likely N-dealkylation sites (tertiary alicyclic amines) is 1. The molecule has 1 aliphatic rings. The molecule has 1 aromatic carbocycles. The number of rotatable bonds is 6. The molecule has 0 bridgehead atoms. The van der Waals surface area contributed by atoms with Crippen molar-refractivity contribution in [3.05, 3.63) is 65.2 Å². The van der Waals surface area contributed by atoms with Gasteiger partial charge in [0.2, 0.25) is 11.8 Å². The molecule has 0 spiro atoms. The Morgan fingerprint density at radius 2 is 1.97 bits per heavy atom. The molecule has 1 fully saturated rings. The lowest BCUT2D eigenvalue weighted by molar-refractivity contribution is -0.137. The normalized spacial score (nSPS) is 17.2. The number of fused-ring (bicyclic) bond motifs is 1. The molecule has 37 heavy (non-hydrogen) atoms. The third-order valence-electron chi connectivity index (χ3n) is 6.03. The highest BCUT2D eigenvalue weighted by molar-refractivity contribution is 9.10. The van der Waals surface area contributed by atoms with Crippen molar-refractivity contribution in [2.45, 2.75) is 25.2 Å². The number of pyridine rings is 1. The summed E-state index contributed by atoms with van der Waals surface area (Å²) in [7, 11) is 0. The fourth-order valence-electron chi connectivity index (χ4n) is 4.34. The monoisotopic (exact) mass is 566 g/mol. The van der Waals surface area contributed by atoms with E-state index in [0.717, 1.165) is 11.1 Å². The van der Waals surface area contributed by atoms with Crippen molar-refractivity contribution in [1.29, 1.82) is 0 Å². The fraction of sp³-hybridized carbons (Fsp3) is 0.208. The number of aromatic nitrogens is 5. The molecule has 0 saturated carbocycles. The van der Waals surface area contributed by atoms with Crippen molar-refractivity contribution in [3.8, 4) is 11.1 Å². The van der Waals surface area contributed by atoms with E-state index < -0.39 is 29.9 Å². The lowest BCUT2D eigenvalue weighted by Crippen LogP contribution is -2.44. The Labute approximate surface area is 218 Å². The number of amides is 3. The van der Waals surface area contributed by atoms with E-state index in [1.54, 1.807) is 54.9 Å². The smallest absolute Gasteiger partial charge is 0.269 e. The first-order valence-corrected chi connectivity index (χ1v) is 12.0. The third kappa shape index (κ3) is 5.03. The van der Waals surface area contributed by atoms with Crippen LogP contribution < -0.4 is 11.1 Å². The van der Waals surface area contributed by atoms with E-state index in [1.165, 1.54) is 9.58 Å². The number of anilines is 1. The van der Waals surface area contributed by atoms with Crippen LogP contribution in [0.5, 0.6) is 0 Å². The molecule has 5 rings (SSSR count). The van der Waals surface area contributed by atoms with Crippen molar-refractivity contribution in [2.24, 2.45) is 5.73 Å². The molecule has 3 aromatic heterocycles. The van der Waals surface area contributed by atoms with Gasteiger partial charge >= 0.3 is 0 Å². The number of carbonyl (C=O) groups excluding carboxylic acids is 3. The second-order valence-electron chi connectivity index (χ2n) is 8.46. The molecule has 0 aliphatic carbocycles. The maximum absolute atomic E-state index is 14.4. The van der Waals surface area contributed by atoms with E-state index in [1.807, 2.05) is 0 Å². The molecular formula is C24H20BrFN8O3. The van der Waals surface area contributed by atoms with Crippen molar-refractivity contribution >= 4 is 50.4 Å². The molecule has 1 aliphatic heterocycles. The summed E-state index contributed by atoms with van der Waals surface area (Å²) in [5, 5.41) is 15.0. The van der Waals surface area contributed by atoms with Crippen LogP contribution >= 0.6 is 15.9 Å². The summed E-state index contributed by atoms with van der Waals surface area (Å²) in [4.78, 5) is 43.6. The number of nitrogens with one attached hydrogen (secondary N) is 1. The highest BCUT2D eigenvalue weighted by atomic mass is 79.9. The molecule has 188 valence electrons. The van der Waals surface area contributed by atoms with Crippen LogP contribution in [0, 0.1) is 0 Å². The molecule has 0 unspecified atom stereocenters. The number of benzene rings is 1. The predicted molar refractivity (Wildman–Crippen MR) is 135 cm³/mol. The van der Waals surface area contributed by atoms with Crippen LogP contribution in [0.15, 0.2) is 59.5 Å². The van der Waals surface area contributed by atoms with Crippen LogP contribution in [0.25, 0.3) is 22.0 Å². The first-order valence-electron chi connectivity index (χ1n) is 11.2. The molecule has 13 heteroatoms. The van der Waals surface area contributed by atoms with E-state index in [4.69, 9.17) is 5.73 Å². The zero-order valence-corrected chi connectivity index (χ0v) is 20.8. The molecule has 3 N–H and O–H groups in total. The summed E-state index contributed by atoms with van der Waals surface area (Å²) in [6, 6.07) is 11.0. The van der Waals surface area contributed by atoms with Crippen LogP contribution in [-0.2, 0) is 16.1 Å². The first kappa shape index (κ1) is 24.4. The SMILES string of the molecule is NC(=O)c1nn(CC(=O)N2C[C@H](F)C[C@H]2C(=O)Nc2cccc(Br)n2)c2ccc(-c3ccnnc3)cc12. The van der Waals surface area contributed by atoms with E-state index in [9.17, 15) is 18.8 Å². The summed E-state index contributed by atoms with van der Waals surface area (Å²) >= 11 is 3.23. The van der Waals surface area contributed by atoms with Gasteiger partial charge in [0.15, 0.2) is 5.69 Å². The quantitative estimate of drug-likeness (QED) is 0.340. The molecule has 3 amide bonds. The molecule has 1 saturated heterocycles. The second kappa shape index (κ2) is 10.0. The number of primary amides is 1. The Balaban J connectivity index is 1.41. The van der Waals surface area contributed by atoms with Crippen LogP contribution in [0.2, 0.25) is 0 Å². The van der Waals surface area contributed by atoms with Crippen LogP contribution in [-0.4, -0.2) is 66.3 Å². The summed E-state index contributed by atoms with van der Waals surface area (Å²) in [6.45, 7) is -0.546. The Hall–Kier alpha value is -4.26. The zero-order chi connectivity index (χ0) is 26.1. The second-order valence-corrected chi connectivity index (χ2v) is 9.28. The number of carbonyl (C=O) groups is 3. The minimum Gasteiger partial charge on any atom is -0.364 e. The van der Waals surface area contributed by atoms with E-state index in [-0.39, 0.29) is 31.0 Å². The van der Waals surface area contributed by atoms with Gasteiger partial charge in [-0.25, -0.2) is 9.37 Å². The minimum absolute atomic E-state index is 0.00789. The van der Waals surface area contributed by atoms with Crippen molar-refractivity contribution < 1.29 is 18.8 Å². The van der Waals surface area contributed by atoms with Gasteiger partial charge in [0.05, 0.1) is 24.5 Å². The minimum atomic E-state index is -1.36. The average Bonchev–Trinajstić information content (AvgIpc) is 3.45. The van der Waals surface area contributed by atoms with Crippen molar-refractivity contribution in [1.82, 2.24) is 29.9 Å². The lowest BCUT2D eigenvalue weighted by Gasteiger charge is -2.23. The number of nitrogens with zero attached hydrogens (tertiary/aromatic N) is 6. The highest BCUT2D eigenvalue weighted by Gasteiger charge is 2.40. The highest BCUT2D eigenvalue weighted by Crippen LogP contribution is 2.27. The summed E-state index contributed by atoms with van der Waals surface area (Å²) in [6.07, 6.45) is 1.63. The van der Waals surface area contributed by atoms with Gasteiger partial charge in [-0.2, -0.15) is 15.3 Å². The lowest BCUT2D eigenvalue weighted by atomic mass is 10.0. The van der Waals surface area contributed by atoms with Crippen LogP contribution in [0.4, 0.5) is 10.2 Å². The van der Waals surface area contributed by atoms with Gasteiger partial charge in [0.1, 0.15) is 29.2 Å². The Morgan fingerprint density at radius 1 is 1.14 bits per heavy atom.